The van der Waals surface area contributed by atoms with Gasteiger partial charge >= 0.3 is 0 Å². The monoisotopic (exact) mass is 306 g/mol. The Hall–Kier alpha value is -1.18. The molecule has 0 unspecified atom stereocenters. The van der Waals surface area contributed by atoms with E-state index >= 15 is 0 Å². The Balaban J connectivity index is 3.43. The molecule has 6 heteroatoms. The summed E-state index contributed by atoms with van der Waals surface area (Å²) in [5.74, 6) is -0.217. The van der Waals surface area contributed by atoms with Crippen molar-refractivity contribution in [3.8, 4) is 0 Å². The number of Topliss-reactive ketones (excluding diaryl/α,β-unsaturated/α-hetero) is 1. The van der Waals surface area contributed by atoms with Gasteiger partial charge in [-0.25, -0.2) is 0 Å². The highest BCUT2D eigenvalue weighted by Gasteiger charge is 2.17. The van der Waals surface area contributed by atoms with E-state index in [9.17, 15) is 14.9 Å². The lowest BCUT2D eigenvalue weighted by molar-refractivity contribution is -0.384. The van der Waals surface area contributed by atoms with Gasteiger partial charge in [0.15, 0.2) is 5.78 Å². The van der Waals surface area contributed by atoms with Crippen molar-refractivity contribution >= 4 is 39.7 Å². The molecule has 0 aliphatic carbocycles. The fraction of sp³-hybridized carbons (Fsp3) is 0.125. The van der Waals surface area contributed by atoms with Gasteiger partial charge in [0, 0.05) is 15.2 Å². The predicted molar refractivity (Wildman–Crippen MR) is 60.2 cm³/mol. The van der Waals surface area contributed by atoms with E-state index in [4.69, 9.17) is 5.73 Å². The fourth-order valence-corrected chi connectivity index (χ4v) is 1.57. The first-order valence-corrected chi connectivity index (χ1v) is 4.75. The average Bonchev–Trinajstić information content (AvgIpc) is 2.08. The van der Waals surface area contributed by atoms with Crippen molar-refractivity contribution in [3.05, 3.63) is 31.4 Å². The number of rotatable bonds is 2. The maximum atomic E-state index is 11.0. The van der Waals surface area contributed by atoms with Crippen LogP contribution in [0.3, 0.4) is 0 Å². The summed E-state index contributed by atoms with van der Waals surface area (Å²) < 4.78 is 0.516. The third-order valence-corrected chi connectivity index (χ3v) is 2.60. The van der Waals surface area contributed by atoms with E-state index in [0.717, 1.165) is 0 Å². The molecule has 0 aliphatic rings. The number of halogens is 1. The first kappa shape index (κ1) is 10.9. The molecule has 0 heterocycles. The molecule has 0 atom stereocenters. The van der Waals surface area contributed by atoms with Crippen LogP contribution >= 0.6 is 22.6 Å². The van der Waals surface area contributed by atoms with Crippen LogP contribution in [0.2, 0.25) is 0 Å². The molecular formula is C8H7IN2O3. The van der Waals surface area contributed by atoms with Crippen LogP contribution in [0.1, 0.15) is 17.3 Å². The number of nitrogens with two attached hydrogens (primary N) is 1. The van der Waals surface area contributed by atoms with E-state index in [0.29, 0.717) is 9.13 Å². The summed E-state index contributed by atoms with van der Waals surface area (Å²) in [6, 6.07) is 2.73. The largest absolute Gasteiger partial charge is 0.392 e. The van der Waals surface area contributed by atoms with E-state index in [1.165, 1.54) is 19.1 Å². The molecule has 0 saturated carbocycles. The van der Waals surface area contributed by atoms with Crippen molar-refractivity contribution in [2.45, 2.75) is 6.92 Å². The number of ketones is 1. The Bertz CT molecular complexity index is 417. The zero-order valence-electron chi connectivity index (χ0n) is 7.28. The lowest BCUT2D eigenvalue weighted by atomic mass is 10.1. The first-order chi connectivity index (χ1) is 6.43. The average molecular weight is 306 g/mol. The number of carbonyl (C=O) groups excluding carboxylic acids is 1. The molecular weight excluding hydrogens is 299 g/mol. The molecule has 0 amide bonds. The quantitative estimate of drug-likeness (QED) is 0.298. The Morgan fingerprint density at radius 2 is 2.14 bits per heavy atom. The SMILES string of the molecule is CC(=O)c1cc(I)c(N)c([N+](=O)[O-])c1. The third kappa shape index (κ3) is 2.00. The Morgan fingerprint density at radius 1 is 1.57 bits per heavy atom. The van der Waals surface area contributed by atoms with E-state index < -0.39 is 4.92 Å². The molecule has 2 N–H and O–H groups in total. The molecule has 0 fully saturated rings. The molecule has 0 radical (unpaired) electrons. The minimum atomic E-state index is -0.593. The van der Waals surface area contributed by atoms with Crippen molar-refractivity contribution in [1.29, 1.82) is 0 Å². The number of nitrogen functional groups attached to an aromatic ring is 1. The number of hydrogen-bond acceptors (Lipinski definition) is 4. The van der Waals surface area contributed by atoms with Gasteiger partial charge in [-0.3, -0.25) is 14.9 Å². The van der Waals surface area contributed by atoms with Crippen molar-refractivity contribution in [1.82, 2.24) is 0 Å². The van der Waals surface area contributed by atoms with Gasteiger partial charge in [-0.05, 0) is 35.6 Å². The molecule has 74 valence electrons. The Morgan fingerprint density at radius 3 is 2.57 bits per heavy atom. The molecule has 0 saturated heterocycles. The van der Waals surface area contributed by atoms with E-state index in [1.54, 1.807) is 0 Å². The van der Waals surface area contributed by atoms with E-state index in [2.05, 4.69) is 0 Å². The minimum absolute atomic E-state index is 0.0978. The molecule has 1 aromatic carbocycles. The molecule has 0 aliphatic heterocycles. The van der Waals surface area contributed by atoms with Crippen molar-refractivity contribution in [2.24, 2.45) is 0 Å². The van der Waals surface area contributed by atoms with Gasteiger partial charge in [-0.1, -0.05) is 0 Å². The molecule has 0 spiro atoms. The summed E-state index contributed by atoms with van der Waals surface area (Å²) in [6.45, 7) is 1.35. The summed E-state index contributed by atoms with van der Waals surface area (Å²) in [6.07, 6.45) is 0. The first-order valence-electron chi connectivity index (χ1n) is 3.68. The minimum Gasteiger partial charge on any atom is -0.392 e. The smallest absolute Gasteiger partial charge is 0.293 e. The Labute approximate surface area is 93.6 Å². The third-order valence-electron chi connectivity index (χ3n) is 1.71. The Kier molecular flexibility index (Phi) is 3.04. The second-order valence-corrected chi connectivity index (χ2v) is 3.87. The number of anilines is 1. The van der Waals surface area contributed by atoms with Gasteiger partial charge in [-0.2, -0.15) is 0 Å². The number of nitro groups is 1. The van der Waals surface area contributed by atoms with Crippen molar-refractivity contribution < 1.29 is 9.72 Å². The number of hydrogen-bond donors (Lipinski definition) is 1. The number of benzene rings is 1. The van der Waals surface area contributed by atoms with Gasteiger partial charge in [0.05, 0.1) is 4.92 Å². The van der Waals surface area contributed by atoms with Crippen LogP contribution in [0, 0.1) is 13.7 Å². The zero-order chi connectivity index (χ0) is 10.9. The summed E-state index contributed by atoms with van der Waals surface area (Å²) in [5.41, 5.74) is 5.67. The summed E-state index contributed by atoms with van der Waals surface area (Å²) in [7, 11) is 0. The van der Waals surface area contributed by atoms with Crippen molar-refractivity contribution in [2.75, 3.05) is 5.73 Å². The highest BCUT2D eigenvalue weighted by Crippen LogP contribution is 2.28. The summed E-state index contributed by atoms with van der Waals surface area (Å²) in [4.78, 5) is 21.0. The number of nitrogens with zero attached hydrogens (tertiary/aromatic N) is 1. The second-order valence-electron chi connectivity index (χ2n) is 2.70. The maximum absolute atomic E-state index is 11.0. The highest BCUT2D eigenvalue weighted by molar-refractivity contribution is 14.1. The molecule has 0 aromatic heterocycles. The molecule has 0 bridgehead atoms. The van der Waals surface area contributed by atoms with Crippen LogP contribution in [-0.2, 0) is 0 Å². The van der Waals surface area contributed by atoms with E-state index in [1.807, 2.05) is 22.6 Å². The molecule has 1 aromatic rings. The van der Waals surface area contributed by atoms with Crippen LogP contribution in [-0.4, -0.2) is 10.7 Å². The van der Waals surface area contributed by atoms with Crippen molar-refractivity contribution in [3.63, 3.8) is 0 Å². The lowest BCUT2D eigenvalue weighted by Crippen LogP contribution is -2.02. The molecule has 5 nitrogen and oxygen atoms in total. The molecule has 1 rings (SSSR count). The summed E-state index contributed by atoms with van der Waals surface area (Å²) in [5, 5.41) is 10.6. The van der Waals surface area contributed by atoms with Crippen LogP contribution in [0.25, 0.3) is 0 Å². The van der Waals surface area contributed by atoms with Crippen LogP contribution in [0.5, 0.6) is 0 Å². The molecule has 14 heavy (non-hydrogen) atoms. The van der Waals surface area contributed by atoms with Crippen LogP contribution in [0.4, 0.5) is 11.4 Å². The van der Waals surface area contributed by atoms with E-state index in [-0.39, 0.29) is 17.2 Å². The number of nitro benzene ring substituents is 1. The van der Waals surface area contributed by atoms with Gasteiger partial charge < -0.3 is 5.73 Å². The second kappa shape index (κ2) is 3.91. The number of carbonyl (C=O) groups is 1. The highest BCUT2D eigenvalue weighted by atomic mass is 127. The van der Waals surface area contributed by atoms with Gasteiger partial charge in [0.2, 0.25) is 0 Å². The fourth-order valence-electron chi connectivity index (χ4n) is 0.958. The zero-order valence-corrected chi connectivity index (χ0v) is 9.44. The normalized spacial score (nSPS) is 9.86. The summed E-state index contributed by atoms with van der Waals surface area (Å²) >= 11 is 1.86. The maximum Gasteiger partial charge on any atom is 0.293 e. The van der Waals surface area contributed by atoms with Gasteiger partial charge in [0.25, 0.3) is 5.69 Å². The van der Waals surface area contributed by atoms with Gasteiger partial charge in [0.1, 0.15) is 5.69 Å². The van der Waals surface area contributed by atoms with Crippen LogP contribution < -0.4 is 5.73 Å². The topological polar surface area (TPSA) is 86.2 Å². The lowest BCUT2D eigenvalue weighted by Gasteiger charge is -2.02. The predicted octanol–water partition coefficient (Wildman–Crippen LogP) is 1.98. The van der Waals surface area contributed by atoms with Crippen LogP contribution in [0.15, 0.2) is 12.1 Å². The standard InChI is InChI=1S/C8H7IN2O3/c1-4(12)5-2-6(9)8(10)7(3-5)11(13)14/h2-3H,10H2,1H3. The van der Waals surface area contributed by atoms with Gasteiger partial charge in [-0.15, -0.1) is 0 Å².